The SMILES string of the molecule is CC1(C)CC2(CC(=O)N(NC(=O)OCCOC(=O)NN3C(=O)CC4(CC(C)(C)NC(C)(C)C4)C3=O)C2=O)CC(C)(C)N1. The molecule has 4 aliphatic heterocycles. The van der Waals surface area contributed by atoms with Crippen LogP contribution in [-0.2, 0) is 28.7 Å². The van der Waals surface area contributed by atoms with E-state index in [-0.39, 0.29) is 12.8 Å². The largest absolute Gasteiger partial charge is 0.445 e. The summed E-state index contributed by atoms with van der Waals surface area (Å²) in [6.45, 7) is 15.0. The lowest BCUT2D eigenvalue weighted by Crippen LogP contribution is -2.63. The minimum Gasteiger partial charge on any atom is -0.445 e. The quantitative estimate of drug-likeness (QED) is 0.271. The van der Waals surface area contributed by atoms with Gasteiger partial charge in [-0.15, -0.1) is 0 Å². The zero-order chi connectivity index (χ0) is 31.5. The zero-order valence-corrected chi connectivity index (χ0v) is 25.8. The molecule has 4 saturated heterocycles. The van der Waals surface area contributed by atoms with Gasteiger partial charge in [0.25, 0.3) is 11.8 Å². The Balaban J connectivity index is 1.25. The molecule has 0 unspecified atom stereocenters. The van der Waals surface area contributed by atoms with Crippen LogP contribution >= 0.6 is 0 Å². The summed E-state index contributed by atoms with van der Waals surface area (Å²) in [5.41, 5.74) is 0.966. The first-order chi connectivity index (χ1) is 19.1. The van der Waals surface area contributed by atoms with Crippen LogP contribution in [0.4, 0.5) is 9.59 Å². The first kappa shape index (κ1) is 31.7. The Kier molecular flexibility index (Phi) is 7.68. The average molecular weight is 593 g/mol. The second-order valence-electron chi connectivity index (χ2n) is 15.0. The Morgan fingerprint density at radius 2 is 0.905 bits per heavy atom. The van der Waals surface area contributed by atoms with Crippen LogP contribution in [0, 0.1) is 10.8 Å². The van der Waals surface area contributed by atoms with Crippen molar-refractivity contribution < 1.29 is 38.2 Å². The summed E-state index contributed by atoms with van der Waals surface area (Å²) in [5, 5.41) is 8.38. The third-order valence-electron chi connectivity index (χ3n) is 8.22. The number of ether oxygens (including phenoxy) is 2. The number of carbonyl (C=O) groups is 6. The lowest BCUT2D eigenvalue weighted by atomic mass is 9.64. The summed E-state index contributed by atoms with van der Waals surface area (Å²) in [6.07, 6.45) is -0.449. The van der Waals surface area contributed by atoms with Crippen molar-refractivity contribution in [3.8, 4) is 0 Å². The van der Waals surface area contributed by atoms with Crippen molar-refractivity contribution >= 4 is 35.8 Å². The van der Waals surface area contributed by atoms with Crippen molar-refractivity contribution in [2.24, 2.45) is 10.8 Å². The van der Waals surface area contributed by atoms with E-state index in [1.165, 1.54) is 0 Å². The van der Waals surface area contributed by atoms with Gasteiger partial charge in [0.1, 0.15) is 13.2 Å². The molecule has 0 saturated carbocycles. The van der Waals surface area contributed by atoms with Crippen molar-refractivity contribution in [3.05, 3.63) is 0 Å². The number of imide groups is 2. The van der Waals surface area contributed by atoms with Crippen molar-refractivity contribution in [2.75, 3.05) is 13.2 Å². The van der Waals surface area contributed by atoms with E-state index in [4.69, 9.17) is 9.47 Å². The first-order valence-electron chi connectivity index (χ1n) is 14.3. The van der Waals surface area contributed by atoms with Gasteiger partial charge in [0, 0.05) is 35.0 Å². The molecule has 0 aromatic rings. The molecule has 14 nitrogen and oxygen atoms in total. The highest BCUT2D eigenvalue weighted by atomic mass is 16.6. The van der Waals surface area contributed by atoms with E-state index in [9.17, 15) is 28.8 Å². The lowest BCUT2D eigenvalue weighted by Gasteiger charge is -2.50. The second kappa shape index (κ2) is 10.2. The van der Waals surface area contributed by atoms with Crippen LogP contribution < -0.4 is 21.5 Å². The fourth-order valence-corrected chi connectivity index (χ4v) is 8.40. The van der Waals surface area contributed by atoms with E-state index in [2.05, 4.69) is 21.5 Å². The van der Waals surface area contributed by atoms with Gasteiger partial charge in [-0.1, -0.05) is 0 Å². The van der Waals surface area contributed by atoms with Crippen molar-refractivity contribution in [2.45, 2.75) is 116 Å². The molecule has 0 radical (unpaired) electrons. The molecule has 42 heavy (non-hydrogen) atoms. The van der Waals surface area contributed by atoms with Crippen LogP contribution in [0.1, 0.15) is 93.9 Å². The molecule has 234 valence electrons. The molecule has 2 spiro atoms. The highest BCUT2D eigenvalue weighted by molar-refractivity contribution is 6.07. The number of nitrogens with one attached hydrogen (secondary N) is 4. The molecule has 4 rings (SSSR count). The smallest absolute Gasteiger partial charge is 0.426 e. The fraction of sp³-hybridized carbons (Fsp3) is 0.786. The zero-order valence-electron chi connectivity index (χ0n) is 25.8. The van der Waals surface area contributed by atoms with E-state index < -0.39 is 82.0 Å². The Hall–Kier alpha value is -3.26. The normalized spacial score (nSPS) is 26.5. The maximum atomic E-state index is 13.3. The predicted molar refractivity (Wildman–Crippen MR) is 148 cm³/mol. The van der Waals surface area contributed by atoms with E-state index in [0.29, 0.717) is 35.7 Å². The Bertz CT molecular complexity index is 1080. The fourth-order valence-electron chi connectivity index (χ4n) is 8.40. The van der Waals surface area contributed by atoms with Crippen LogP contribution in [0.3, 0.4) is 0 Å². The van der Waals surface area contributed by atoms with Gasteiger partial charge in [0.2, 0.25) is 11.8 Å². The Labute approximate surface area is 245 Å². The molecule has 6 amide bonds. The monoisotopic (exact) mass is 592 g/mol. The molecule has 0 aromatic carbocycles. The average Bonchev–Trinajstić information content (AvgIpc) is 3.10. The third kappa shape index (κ3) is 6.38. The van der Waals surface area contributed by atoms with Crippen molar-refractivity contribution in [1.29, 1.82) is 0 Å². The van der Waals surface area contributed by atoms with Gasteiger partial charge in [-0.25, -0.2) is 20.4 Å². The minimum atomic E-state index is -1.06. The number of hydrogen-bond acceptors (Lipinski definition) is 10. The van der Waals surface area contributed by atoms with Crippen molar-refractivity contribution in [3.63, 3.8) is 0 Å². The van der Waals surface area contributed by atoms with Crippen LogP contribution in [-0.4, -0.2) is 81.2 Å². The summed E-state index contributed by atoms with van der Waals surface area (Å²) >= 11 is 0. The van der Waals surface area contributed by atoms with E-state index >= 15 is 0 Å². The number of nitrogens with zero attached hydrogens (tertiary/aromatic N) is 2. The van der Waals surface area contributed by atoms with Crippen LogP contribution in [0.25, 0.3) is 0 Å². The van der Waals surface area contributed by atoms with Gasteiger partial charge in [-0.05, 0) is 81.1 Å². The standard InChI is InChI=1S/C28H44N6O8/c1-23(2)13-27(14-24(3,4)31-23)11-17(35)33(19(27)37)29-21(39)41-9-10-42-22(40)30-34-18(36)12-28(20(34)38)15-25(5,6)32-26(7,8)16-28/h31-32H,9-16H2,1-8H3,(H,29,39)(H,30,40). The topological polar surface area (TPSA) is 175 Å². The van der Waals surface area contributed by atoms with Gasteiger partial charge >= 0.3 is 12.2 Å². The molecular formula is C28H44N6O8. The molecule has 0 bridgehead atoms. The summed E-state index contributed by atoms with van der Waals surface area (Å²) < 4.78 is 9.98. The number of piperidine rings is 2. The van der Waals surface area contributed by atoms with E-state index in [1.807, 2.05) is 55.4 Å². The summed E-state index contributed by atoms with van der Waals surface area (Å²) in [6, 6.07) is 0. The maximum absolute atomic E-state index is 13.3. The van der Waals surface area contributed by atoms with Gasteiger partial charge < -0.3 is 20.1 Å². The predicted octanol–water partition coefficient (Wildman–Crippen LogP) is 1.64. The third-order valence-corrected chi connectivity index (χ3v) is 8.22. The number of hydrazine groups is 2. The molecule has 4 aliphatic rings. The molecular weight excluding hydrogens is 548 g/mol. The van der Waals surface area contributed by atoms with E-state index in [1.54, 1.807) is 0 Å². The van der Waals surface area contributed by atoms with Crippen LogP contribution in [0.15, 0.2) is 0 Å². The number of rotatable bonds is 5. The van der Waals surface area contributed by atoms with Crippen molar-refractivity contribution in [1.82, 2.24) is 31.5 Å². The minimum absolute atomic E-state index is 0.0231. The van der Waals surface area contributed by atoms with Gasteiger partial charge in [-0.3, -0.25) is 19.2 Å². The maximum Gasteiger partial charge on any atom is 0.426 e. The molecule has 4 N–H and O–H groups in total. The summed E-state index contributed by atoms with van der Waals surface area (Å²) in [4.78, 5) is 76.7. The van der Waals surface area contributed by atoms with Gasteiger partial charge in [0.15, 0.2) is 0 Å². The lowest BCUT2D eigenvalue weighted by molar-refractivity contribution is -0.148. The number of hydrogen-bond donors (Lipinski definition) is 4. The number of amides is 6. The molecule has 0 aromatic heterocycles. The molecule has 4 fully saturated rings. The Morgan fingerprint density at radius 3 is 1.19 bits per heavy atom. The van der Waals surface area contributed by atoms with Gasteiger partial charge in [-0.2, -0.15) is 10.0 Å². The highest BCUT2D eigenvalue weighted by Gasteiger charge is 2.60. The first-order valence-corrected chi connectivity index (χ1v) is 14.3. The van der Waals surface area contributed by atoms with Gasteiger partial charge in [0.05, 0.1) is 10.8 Å². The van der Waals surface area contributed by atoms with Crippen LogP contribution in [0.5, 0.6) is 0 Å². The van der Waals surface area contributed by atoms with Crippen LogP contribution in [0.2, 0.25) is 0 Å². The molecule has 0 atom stereocenters. The molecule has 0 aliphatic carbocycles. The highest BCUT2D eigenvalue weighted by Crippen LogP contribution is 2.50. The summed E-state index contributed by atoms with van der Waals surface area (Å²) in [5.74, 6) is -2.03. The Morgan fingerprint density at radius 1 is 0.619 bits per heavy atom. The van der Waals surface area contributed by atoms with E-state index in [0.717, 1.165) is 0 Å². The molecule has 4 heterocycles. The number of carbonyl (C=O) groups excluding carboxylic acids is 6. The summed E-state index contributed by atoms with van der Waals surface area (Å²) in [7, 11) is 0. The second-order valence-corrected chi connectivity index (χ2v) is 15.0. The molecule has 14 heteroatoms.